The fraction of sp³-hybridized carbons (Fsp3) is 0. The molecule has 5 heteroatoms. The number of H-pyrrole nitrogens is 1. The van der Waals surface area contributed by atoms with Crippen molar-refractivity contribution >= 4 is 38.6 Å². The predicted molar refractivity (Wildman–Crippen MR) is 55.1 cm³/mol. The van der Waals surface area contributed by atoms with Gasteiger partial charge in [-0.15, -0.1) is 0 Å². The maximum Gasteiger partial charge on any atom is 0.205 e. The number of rotatable bonds is 0. The lowest BCUT2D eigenvalue weighted by molar-refractivity contribution is 1.26. The van der Waals surface area contributed by atoms with Gasteiger partial charge in [0.15, 0.2) is 0 Å². The van der Waals surface area contributed by atoms with Crippen molar-refractivity contribution in [2.75, 3.05) is 0 Å². The Morgan fingerprint density at radius 1 is 1.46 bits per heavy atom. The Morgan fingerprint density at radius 3 is 3.00 bits per heavy atom. The summed E-state index contributed by atoms with van der Waals surface area (Å²) >= 11 is 8.80. The van der Waals surface area contributed by atoms with Crippen LogP contribution in [0.25, 0.3) is 11.0 Å². The van der Waals surface area contributed by atoms with Crippen LogP contribution in [0.15, 0.2) is 27.6 Å². The van der Waals surface area contributed by atoms with Crippen molar-refractivity contribution in [3.8, 4) is 0 Å². The van der Waals surface area contributed by atoms with Gasteiger partial charge in [-0.1, -0.05) is 11.6 Å². The predicted octanol–water partition coefficient (Wildman–Crippen LogP) is 2.34. The van der Waals surface area contributed by atoms with Crippen molar-refractivity contribution in [2.45, 2.75) is 0 Å². The zero-order valence-corrected chi connectivity index (χ0v) is 8.69. The van der Waals surface area contributed by atoms with Crippen LogP contribution >= 0.6 is 27.5 Å². The van der Waals surface area contributed by atoms with E-state index in [4.69, 9.17) is 11.6 Å². The van der Waals surface area contributed by atoms with E-state index in [9.17, 15) is 4.79 Å². The molecule has 0 spiro atoms. The Labute approximate surface area is 86.9 Å². The second-order valence-corrected chi connectivity index (χ2v) is 3.74. The van der Waals surface area contributed by atoms with Gasteiger partial charge < -0.3 is 4.98 Å². The summed E-state index contributed by atoms with van der Waals surface area (Å²) in [7, 11) is 0. The number of nitrogens with one attached hydrogen (secondary N) is 1. The van der Waals surface area contributed by atoms with Crippen molar-refractivity contribution in [2.24, 2.45) is 0 Å². The van der Waals surface area contributed by atoms with Crippen LogP contribution in [0, 0.1) is 0 Å². The highest BCUT2D eigenvalue weighted by molar-refractivity contribution is 9.10. The van der Waals surface area contributed by atoms with E-state index in [1.165, 1.54) is 0 Å². The van der Waals surface area contributed by atoms with Gasteiger partial charge in [-0.05, 0) is 28.1 Å². The van der Waals surface area contributed by atoms with Crippen molar-refractivity contribution in [1.82, 2.24) is 9.97 Å². The summed E-state index contributed by atoms with van der Waals surface area (Å²) in [5.41, 5.74) is 0.415. The number of aromatic nitrogens is 2. The fourth-order valence-electron chi connectivity index (χ4n) is 1.05. The molecule has 2 aromatic heterocycles. The molecule has 3 nitrogen and oxygen atoms in total. The number of pyridine rings is 2. The van der Waals surface area contributed by atoms with Crippen LogP contribution in [0.2, 0.25) is 5.15 Å². The van der Waals surface area contributed by atoms with E-state index in [0.717, 1.165) is 0 Å². The zero-order valence-electron chi connectivity index (χ0n) is 6.34. The normalized spacial score (nSPS) is 10.6. The minimum Gasteiger partial charge on any atom is -0.345 e. The number of nitrogens with zero attached hydrogens (tertiary/aromatic N) is 1. The van der Waals surface area contributed by atoms with Gasteiger partial charge in [0, 0.05) is 6.20 Å². The molecule has 1 N–H and O–H groups in total. The van der Waals surface area contributed by atoms with Crippen molar-refractivity contribution in [1.29, 1.82) is 0 Å². The van der Waals surface area contributed by atoms with Gasteiger partial charge in [-0.3, -0.25) is 4.79 Å². The molecule has 0 saturated heterocycles. The topological polar surface area (TPSA) is 45.8 Å². The average Bonchev–Trinajstić information content (AvgIpc) is 2.12. The van der Waals surface area contributed by atoms with Gasteiger partial charge in [-0.2, -0.15) is 0 Å². The lowest BCUT2D eigenvalue weighted by Crippen LogP contribution is -2.04. The minimum absolute atomic E-state index is 0.0853. The average molecular weight is 259 g/mol. The van der Waals surface area contributed by atoms with Gasteiger partial charge in [0.25, 0.3) is 0 Å². The number of aromatic amines is 1. The lowest BCUT2D eigenvalue weighted by atomic mass is 10.3. The van der Waals surface area contributed by atoms with E-state index in [1.807, 2.05) is 0 Å². The first-order valence-electron chi connectivity index (χ1n) is 3.52. The van der Waals surface area contributed by atoms with E-state index < -0.39 is 0 Å². The van der Waals surface area contributed by atoms with Gasteiger partial charge in [0.1, 0.15) is 10.8 Å². The van der Waals surface area contributed by atoms with E-state index in [1.54, 1.807) is 18.3 Å². The number of fused-ring (bicyclic) bond motifs is 1. The Bertz CT molecular complexity index is 523. The van der Waals surface area contributed by atoms with E-state index in [2.05, 4.69) is 25.9 Å². The highest BCUT2D eigenvalue weighted by atomic mass is 79.9. The maximum absolute atomic E-state index is 11.5. The van der Waals surface area contributed by atoms with Crippen molar-refractivity contribution in [3.05, 3.63) is 38.2 Å². The third kappa shape index (κ3) is 1.47. The lowest BCUT2D eigenvalue weighted by Gasteiger charge is -1.97. The molecule has 0 atom stereocenters. The highest BCUT2D eigenvalue weighted by Crippen LogP contribution is 2.12. The molecule has 0 aliphatic rings. The molecule has 2 heterocycles. The molecule has 0 aliphatic heterocycles. The van der Waals surface area contributed by atoms with E-state index in [0.29, 0.717) is 20.7 Å². The van der Waals surface area contributed by atoms with Gasteiger partial charge in [-0.25, -0.2) is 4.98 Å². The second-order valence-electron chi connectivity index (χ2n) is 2.50. The Morgan fingerprint density at radius 2 is 2.23 bits per heavy atom. The molecule has 2 rings (SSSR count). The SMILES string of the molecule is O=c1c(Br)c[nH]c2nc(Cl)ccc12. The van der Waals surface area contributed by atoms with Crippen LogP contribution in [0.4, 0.5) is 0 Å². The summed E-state index contributed by atoms with van der Waals surface area (Å²) < 4.78 is 0.490. The van der Waals surface area contributed by atoms with Gasteiger partial charge >= 0.3 is 0 Å². The molecule has 0 radical (unpaired) electrons. The first-order valence-corrected chi connectivity index (χ1v) is 4.69. The van der Waals surface area contributed by atoms with Crippen LogP contribution in [0.3, 0.4) is 0 Å². The van der Waals surface area contributed by atoms with Crippen LogP contribution in [0.1, 0.15) is 0 Å². The molecule has 0 aliphatic carbocycles. The minimum atomic E-state index is -0.0853. The zero-order chi connectivity index (χ0) is 9.42. The summed E-state index contributed by atoms with van der Waals surface area (Å²) in [6, 6.07) is 3.24. The Balaban J connectivity index is 2.95. The largest absolute Gasteiger partial charge is 0.345 e. The smallest absolute Gasteiger partial charge is 0.205 e. The van der Waals surface area contributed by atoms with Crippen LogP contribution < -0.4 is 5.43 Å². The molecule has 0 aromatic carbocycles. The summed E-state index contributed by atoms with van der Waals surface area (Å²) in [4.78, 5) is 18.3. The summed E-state index contributed by atoms with van der Waals surface area (Å²) in [6.45, 7) is 0. The molecule has 0 unspecified atom stereocenters. The van der Waals surface area contributed by atoms with Crippen LogP contribution in [-0.4, -0.2) is 9.97 Å². The number of hydrogen-bond donors (Lipinski definition) is 1. The van der Waals surface area contributed by atoms with Crippen molar-refractivity contribution in [3.63, 3.8) is 0 Å². The van der Waals surface area contributed by atoms with E-state index in [-0.39, 0.29) is 5.43 Å². The fourth-order valence-corrected chi connectivity index (χ4v) is 1.53. The Hall–Kier alpha value is -0.870. The van der Waals surface area contributed by atoms with Crippen molar-refractivity contribution < 1.29 is 0 Å². The third-order valence-corrected chi connectivity index (χ3v) is 2.46. The van der Waals surface area contributed by atoms with Gasteiger partial charge in [0.05, 0.1) is 9.86 Å². The maximum atomic E-state index is 11.5. The summed E-state index contributed by atoms with van der Waals surface area (Å²) in [5.74, 6) is 0. The van der Waals surface area contributed by atoms with Crippen LogP contribution in [0.5, 0.6) is 0 Å². The number of hydrogen-bond acceptors (Lipinski definition) is 2. The molecular weight excluding hydrogens is 255 g/mol. The first-order chi connectivity index (χ1) is 6.18. The first kappa shape index (κ1) is 8.72. The quantitative estimate of drug-likeness (QED) is 0.738. The molecule has 13 heavy (non-hydrogen) atoms. The summed E-state index contributed by atoms with van der Waals surface area (Å²) in [6.07, 6.45) is 1.55. The highest BCUT2D eigenvalue weighted by Gasteiger charge is 2.03. The molecule has 0 bridgehead atoms. The van der Waals surface area contributed by atoms with Crippen LogP contribution in [-0.2, 0) is 0 Å². The molecule has 0 fully saturated rings. The summed E-state index contributed by atoms with van der Waals surface area (Å²) in [5, 5.41) is 0.893. The molecule has 0 amide bonds. The number of halogens is 2. The van der Waals surface area contributed by atoms with E-state index >= 15 is 0 Å². The molecule has 2 aromatic rings. The van der Waals surface area contributed by atoms with Gasteiger partial charge in [0.2, 0.25) is 5.43 Å². The Kier molecular flexibility index (Phi) is 2.09. The third-order valence-electron chi connectivity index (χ3n) is 1.66. The monoisotopic (exact) mass is 258 g/mol. The standard InChI is InChI=1S/C8H4BrClN2O/c9-5-3-11-8-4(7(5)13)1-2-6(10)12-8/h1-3H,(H,11,12,13). The molecular formula is C8H4BrClN2O. The molecule has 66 valence electrons. The molecule has 0 saturated carbocycles. The second kappa shape index (κ2) is 3.12.